The van der Waals surface area contributed by atoms with Crippen molar-refractivity contribution in [2.45, 2.75) is 63.2 Å². The fraction of sp³-hybridized carbons (Fsp3) is 0.708. The molecule has 3 unspecified atom stereocenters. The zero-order valence-corrected chi connectivity index (χ0v) is 17.4. The molecule has 0 amide bonds. The van der Waals surface area contributed by atoms with Crippen molar-refractivity contribution < 1.29 is 9.90 Å². The number of fused-ring (bicyclic) bond motifs is 1. The Balaban J connectivity index is 1.09. The van der Waals surface area contributed by atoms with Crippen molar-refractivity contribution >= 4 is 5.97 Å². The largest absolute Gasteiger partial charge is 0.480 e. The molecule has 158 valence electrons. The first-order valence-electron chi connectivity index (χ1n) is 11.6. The van der Waals surface area contributed by atoms with Crippen LogP contribution < -0.4 is 5.32 Å². The van der Waals surface area contributed by atoms with Gasteiger partial charge in [0.05, 0.1) is 6.54 Å². The van der Waals surface area contributed by atoms with Crippen molar-refractivity contribution in [1.82, 2.24) is 15.1 Å². The number of hydrogen-bond donors (Lipinski definition) is 2. The van der Waals surface area contributed by atoms with Crippen molar-refractivity contribution in [3.8, 4) is 0 Å². The number of carboxylic acids is 1. The molecule has 0 spiro atoms. The second kappa shape index (κ2) is 8.37. The van der Waals surface area contributed by atoms with E-state index in [-0.39, 0.29) is 6.54 Å². The van der Waals surface area contributed by atoms with Crippen LogP contribution in [0.15, 0.2) is 30.3 Å². The molecule has 4 fully saturated rings. The fourth-order valence-electron chi connectivity index (χ4n) is 6.01. The standard InChI is InChI=1S/C24H35N3O2/c28-24(29)16-27(13-18-6-7-18)21-10-20(11-21)25-23-9-8-19-14-26(15-22(19)23)12-17-4-2-1-3-5-17/h1-5,18-23,25H,6-16H2,(H,28,29). The van der Waals surface area contributed by atoms with Crippen molar-refractivity contribution in [3.05, 3.63) is 35.9 Å². The number of nitrogens with one attached hydrogen (secondary N) is 1. The molecular weight excluding hydrogens is 362 g/mol. The summed E-state index contributed by atoms with van der Waals surface area (Å²) in [7, 11) is 0. The van der Waals surface area contributed by atoms with Gasteiger partial charge >= 0.3 is 5.97 Å². The van der Waals surface area contributed by atoms with Gasteiger partial charge in [0.2, 0.25) is 0 Å². The molecule has 1 heterocycles. The molecule has 1 aliphatic heterocycles. The van der Waals surface area contributed by atoms with Crippen LogP contribution >= 0.6 is 0 Å². The zero-order chi connectivity index (χ0) is 19.8. The number of carbonyl (C=O) groups is 1. The van der Waals surface area contributed by atoms with Gasteiger partial charge in [0.25, 0.3) is 0 Å². The minimum absolute atomic E-state index is 0.219. The SMILES string of the molecule is O=C(O)CN(CC1CC1)C1CC(NC2CCC3CN(Cc4ccccc4)CC32)C1. The topological polar surface area (TPSA) is 55.8 Å². The molecule has 0 bridgehead atoms. The second-order valence-corrected chi connectivity index (χ2v) is 10.0. The summed E-state index contributed by atoms with van der Waals surface area (Å²) < 4.78 is 0. The first-order chi connectivity index (χ1) is 14.1. The van der Waals surface area contributed by atoms with E-state index in [2.05, 4.69) is 45.4 Å². The van der Waals surface area contributed by atoms with Crippen LogP contribution in [-0.4, -0.2) is 65.2 Å². The monoisotopic (exact) mass is 397 g/mol. The summed E-state index contributed by atoms with van der Waals surface area (Å²) >= 11 is 0. The summed E-state index contributed by atoms with van der Waals surface area (Å²) in [4.78, 5) is 16.1. The van der Waals surface area contributed by atoms with E-state index < -0.39 is 5.97 Å². The van der Waals surface area contributed by atoms with Crippen molar-refractivity contribution in [3.63, 3.8) is 0 Å². The molecule has 0 aromatic heterocycles. The summed E-state index contributed by atoms with van der Waals surface area (Å²) in [5.74, 6) is 1.72. The Morgan fingerprint density at radius 1 is 1.10 bits per heavy atom. The zero-order valence-electron chi connectivity index (χ0n) is 17.4. The average molecular weight is 398 g/mol. The highest BCUT2D eigenvalue weighted by Gasteiger charge is 2.45. The molecule has 3 saturated carbocycles. The van der Waals surface area contributed by atoms with Crippen LogP contribution in [0.3, 0.4) is 0 Å². The number of nitrogens with zero attached hydrogens (tertiary/aromatic N) is 2. The maximum Gasteiger partial charge on any atom is 0.317 e. The van der Waals surface area contributed by atoms with Crippen LogP contribution in [0.5, 0.6) is 0 Å². The molecule has 3 atom stereocenters. The molecule has 1 aromatic carbocycles. The van der Waals surface area contributed by atoms with Crippen LogP contribution in [0.1, 0.15) is 44.1 Å². The second-order valence-electron chi connectivity index (χ2n) is 10.0. The normalized spacial score (nSPS) is 34.3. The van der Waals surface area contributed by atoms with E-state index in [1.807, 2.05) is 0 Å². The van der Waals surface area contributed by atoms with Gasteiger partial charge in [0.1, 0.15) is 0 Å². The molecule has 1 saturated heterocycles. The third-order valence-corrected chi connectivity index (χ3v) is 7.79. The first-order valence-corrected chi connectivity index (χ1v) is 11.6. The van der Waals surface area contributed by atoms with Gasteiger partial charge in [0.15, 0.2) is 0 Å². The molecule has 5 rings (SSSR count). The highest BCUT2D eigenvalue weighted by molar-refractivity contribution is 5.69. The number of benzene rings is 1. The smallest absolute Gasteiger partial charge is 0.317 e. The minimum Gasteiger partial charge on any atom is -0.480 e. The fourth-order valence-corrected chi connectivity index (χ4v) is 6.01. The van der Waals surface area contributed by atoms with E-state index in [4.69, 9.17) is 0 Å². The Kier molecular flexibility index (Phi) is 5.63. The highest BCUT2D eigenvalue weighted by atomic mass is 16.4. The van der Waals surface area contributed by atoms with Gasteiger partial charge in [0, 0.05) is 44.3 Å². The minimum atomic E-state index is -0.676. The van der Waals surface area contributed by atoms with E-state index in [9.17, 15) is 9.90 Å². The number of aliphatic carboxylic acids is 1. The van der Waals surface area contributed by atoms with Crippen molar-refractivity contribution in [1.29, 1.82) is 0 Å². The molecule has 1 aromatic rings. The van der Waals surface area contributed by atoms with Crippen LogP contribution in [-0.2, 0) is 11.3 Å². The highest BCUT2D eigenvalue weighted by Crippen LogP contribution is 2.40. The lowest BCUT2D eigenvalue weighted by Gasteiger charge is -2.44. The van der Waals surface area contributed by atoms with Crippen LogP contribution in [0.4, 0.5) is 0 Å². The lowest BCUT2D eigenvalue weighted by molar-refractivity contribution is -0.139. The predicted molar refractivity (Wildman–Crippen MR) is 114 cm³/mol. The quantitative estimate of drug-likeness (QED) is 0.671. The molecule has 0 radical (unpaired) electrons. The lowest BCUT2D eigenvalue weighted by Crippen LogP contribution is -2.56. The average Bonchev–Trinajstić information content (AvgIpc) is 3.27. The molecule has 29 heavy (non-hydrogen) atoms. The Labute approximate surface area is 174 Å². The summed E-state index contributed by atoms with van der Waals surface area (Å²) in [5, 5.41) is 13.2. The summed E-state index contributed by atoms with van der Waals surface area (Å²) in [5.41, 5.74) is 1.42. The van der Waals surface area contributed by atoms with E-state index in [0.29, 0.717) is 18.1 Å². The van der Waals surface area contributed by atoms with Gasteiger partial charge in [-0.05, 0) is 61.8 Å². The number of likely N-dealkylation sites (tertiary alicyclic amines) is 1. The van der Waals surface area contributed by atoms with Crippen molar-refractivity contribution in [2.75, 3.05) is 26.2 Å². The maximum absolute atomic E-state index is 11.2. The Morgan fingerprint density at radius 3 is 2.62 bits per heavy atom. The Morgan fingerprint density at radius 2 is 1.90 bits per heavy atom. The molecule has 3 aliphatic carbocycles. The van der Waals surface area contributed by atoms with Crippen LogP contribution in [0.2, 0.25) is 0 Å². The van der Waals surface area contributed by atoms with E-state index in [1.54, 1.807) is 0 Å². The number of hydrogen-bond acceptors (Lipinski definition) is 4. The maximum atomic E-state index is 11.2. The van der Waals surface area contributed by atoms with Crippen LogP contribution in [0, 0.1) is 17.8 Å². The summed E-state index contributed by atoms with van der Waals surface area (Å²) in [6.07, 6.45) is 7.50. The van der Waals surface area contributed by atoms with E-state index in [0.717, 1.165) is 43.7 Å². The van der Waals surface area contributed by atoms with Crippen LogP contribution in [0.25, 0.3) is 0 Å². The summed E-state index contributed by atoms with van der Waals surface area (Å²) in [6.45, 7) is 4.76. The summed E-state index contributed by atoms with van der Waals surface area (Å²) in [6, 6.07) is 12.6. The lowest BCUT2D eigenvalue weighted by atomic mass is 9.83. The van der Waals surface area contributed by atoms with Gasteiger partial charge in [-0.2, -0.15) is 0 Å². The van der Waals surface area contributed by atoms with Gasteiger partial charge in [-0.15, -0.1) is 0 Å². The Bertz CT molecular complexity index is 701. The van der Waals surface area contributed by atoms with Gasteiger partial charge in [-0.3, -0.25) is 14.6 Å². The molecule has 4 aliphatic rings. The van der Waals surface area contributed by atoms with Gasteiger partial charge in [-0.1, -0.05) is 30.3 Å². The molecule has 5 nitrogen and oxygen atoms in total. The molecule has 2 N–H and O–H groups in total. The molecular formula is C24H35N3O2. The predicted octanol–water partition coefficient (Wildman–Crippen LogP) is 2.81. The van der Waals surface area contributed by atoms with Crippen molar-refractivity contribution in [2.24, 2.45) is 17.8 Å². The number of carboxylic acid groups (broad SMARTS) is 1. The van der Waals surface area contributed by atoms with Gasteiger partial charge < -0.3 is 10.4 Å². The van der Waals surface area contributed by atoms with Gasteiger partial charge in [-0.25, -0.2) is 0 Å². The third kappa shape index (κ3) is 4.68. The number of rotatable bonds is 9. The Hall–Kier alpha value is -1.43. The third-order valence-electron chi connectivity index (χ3n) is 7.79. The van der Waals surface area contributed by atoms with E-state index in [1.165, 1.54) is 44.3 Å². The van der Waals surface area contributed by atoms with E-state index >= 15 is 0 Å². The first kappa shape index (κ1) is 19.5. The molecule has 5 heteroatoms.